The monoisotopic (exact) mass is 375 g/mol. The highest BCUT2D eigenvalue weighted by Crippen LogP contribution is 2.61. The molecule has 1 saturated carbocycles. The van der Waals surface area contributed by atoms with E-state index < -0.39 is 23.5 Å². The van der Waals surface area contributed by atoms with Crippen LogP contribution in [0, 0.1) is 11.8 Å². The van der Waals surface area contributed by atoms with Crippen LogP contribution in [0.5, 0.6) is 0 Å². The van der Waals surface area contributed by atoms with Crippen LogP contribution in [0.3, 0.4) is 0 Å². The lowest BCUT2D eigenvalue weighted by Gasteiger charge is -2.21. The van der Waals surface area contributed by atoms with Gasteiger partial charge in [-0.15, -0.1) is 0 Å². The van der Waals surface area contributed by atoms with Crippen molar-refractivity contribution in [3.63, 3.8) is 0 Å². The Labute approximate surface area is 155 Å². The van der Waals surface area contributed by atoms with Crippen molar-refractivity contribution in [2.75, 3.05) is 5.32 Å². The number of alkyl halides is 3. The van der Waals surface area contributed by atoms with E-state index in [1.54, 1.807) is 6.07 Å². The molecule has 1 heterocycles. The maximum absolute atomic E-state index is 13.1. The van der Waals surface area contributed by atoms with Gasteiger partial charge >= 0.3 is 6.18 Å². The molecule has 0 radical (unpaired) electrons. The van der Waals surface area contributed by atoms with E-state index in [0.29, 0.717) is 29.4 Å². The van der Waals surface area contributed by atoms with Crippen LogP contribution in [0.4, 0.5) is 18.9 Å². The van der Waals surface area contributed by atoms with Crippen molar-refractivity contribution >= 4 is 11.6 Å². The quantitative estimate of drug-likeness (QED) is 0.822. The molecule has 2 aromatic rings. The molecule has 1 N–H and O–H groups in total. The predicted molar refractivity (Wildman–Crippen MR) is 94.5 cm³/mol. The van der Waals surface area contributed by atoms with Gasteiger partial charge in [-0.1, -0.05) is 26.0 Å². The topological polar surface area (TPSA) is 54.9 Å². The number of carbonyl (C=O) groups excluding carboxylic acids is 1. The number of nitrogens with zero attached hydrogens (tertiary/aromatic N) is 2. The maximum atomic E-state index is 13.1. The molecule has 1 aromatic carbocycles. The van der Waals surface area contributed by atoms with Gasteiger partial charge in [-0.05, 0) is 53.7 Å². The predicted octanol–water partition coefficient (Wildman–Crippen LogP) is 4.99. The van der Waals surface area contributed by atoms with Crippen LogP contribution in [0.15, 0.2) is 30.6 Å². The fraction of sp³-hybridized carbons (Fsp3) is 0.450. The Morgan fingerprint density at radius 3 is 2.56 bits per heavy atom. The second-order valence-corrected chi connectivity index (χ2v) is 7.63. The van der Waals surface area contributed by atoms with Crippen LogP contribution in [0.2, 0.25) is 0 Å². The number of aromatic nitrogens is 2. The van der Waals surface area contributed by atoms with Crippen molar-refractivity contribution in [1.82, 2.24) is 9.97 Å². The highest BCUT2D eigenvalue weighted by molar-refractivity contribution is 6.04. The zero-order chi connectivity index (χ0) is 19.3. The molecular weight excluding hydrogens is 355 g/mol. The third-order valence-corrected chi connectivity index (χ3v) is 5.83. The van der Waals surface area contributed by atoms with E-state index >= 15 is 0 Å². The summed E-state index contributed by atoms with van der Waals surface area (Å²) in [6, 6.07) is 5.69. The molecule has 7 heteroatoms. The number of hydrogen-bond acceptors (Lipinski definition) is 3. The first-order chi connectivity index (χ1) is 12.8. The maximum Gasteiger partial charge on any atom is 0.435 e. The van der Waals surface area contributed by atoms with E-state index in [4.69, 9.17) is 0 Å². The van der Waals surface area contributed by atoms with Crippen LogP contribution in [0.1, 0.15) is 65.8 Å². The molecule has 3 atom stereocenters. The van der Waals surface area contributed by atoms with Crippen molar-refractivity contribution in [2.24, 2.45) is 11.8 Å². The number of rotatable bonds is 3. The first kappa shape index (κ1) is 17.9. The fourth-order valence-electron chi connectivity index (χ4n) is 4.98. The second-order valence-electron chi connectivity index (χ2n) is 7.63. The largest absolute Gasteiger partial charge is 0.435 e. The molecule has 2 unspecified atom stereocenters. The number of halogens is 3. The lowest BCUT2D eigenvalue weighted by atomic mass is 9.85. The average Bonchev–Trinajstić information content (AvgIpc) is 3.18. The van der Waals surface area contributed by atoms with Crippen LogP contribution in [-0.2, 0) is 6.18 Å². The van der Waals surface area contributed by atoms with E-state index in [9.17, 15) is 18.0 Å². The van der Waals surface area contributed by atoms with Crippen molar-refractivity contribution in [1.29, 1.82) is 0 Å². The number of carbonyl (C=O) groups is 1. The SMILES string of the molecule is CC(C)C1C2CC[C@H]1c1c(NC(=O)c3nccnc3C(F)(F)F)cccc12. The average molecular weight is 375 g/mol. The smallest absolute Gasteiger partial charge is 0.320 e. The summed E-state index contributed by atoms with van der Waals surface area (Å²) in [4.78, 5) is 19.5. The minimum atomic E-state index is -4.73. The highest BCUT2D eigenvalue weighted by Gasteiger charge is 2.48. The van der Waals surface area contributed by atoms with Gasteiger partial charge in [-0.25, -0.2) is 9.97 Å². The Balaban J connectivity index is 1.69. The summed E-state index contributed by atoms with van der Waals surface area (Å²) in [6.07, 6.45) is -0.531. The molecular formula is C20H20F3N3O. The Bertz CT molecular complexity index is 894. The molecule has 2 bridgehead atoms. The molecule has 1 aromatic heterocycles. The first-order valence-corrected chi connectivity index (χ1v) is 9.11. The van der Waals surface area contributed by atoms with E-state index in [0.717, 1.165) is 30.8 Å². The van der Waals surface area contributed by atoms with Crippen molar-refractivity contribution in [2.45, 2.75) is 44.7 Å². The molecule has 1 fully saturated rings. The van der Waals surface area contributed by atoms with E-state index in [1.807, 2.05) is 6.07 Å². The van der Waals surface area contributed by atoms with Gasteiger partial charge in [0, 0.05) is 18.1 Å². The molecule has 4 rings (SSSR count). The van der Waals surface area contributed by atoms with E-state index in [1.165, 1.54) is 5.56 Å². The van der Waals surface area contributed by atoms with Crippen LogP contribution in [-0.4, -0.2) is 15.9 Å². The van der Waals surface area contributed by atoms with E-state index in [-0.39, 0.29) is 0 Å². The number of nitrogens with one attached hydrogen (secondary N) is 1. The molecule has 2 aliphatic carbocycles. The first-order valence-electron chi connectivity index (χ1n) is 9.11. The highest BCUT2D eigenvalue weighted by atomic mass is 19.4. The number of anilines is 1. The van der Waals surface area contributed by atoms with Crippen LogP contribution in [0.25, 0.3) is 0 Å². The van der Waals surface area contributed by atoms with Gasteiger partial charge in [-0.3, -0.25) is 4.79 Å². The Morgan fingerprint density at radius 2 is 1.85 bits per heavy atom. The molecule has 0 saturated heterocycles. The zero-order valence-electron chi connectivity index (χ0n) is 15.0. The third-order valence-electron chi connectivity index (χ3n) is 5.83. The van der Waals surface area contributed by atoms with E-state index in [2.05, 4.69) is 35.2 Å². The molecule has 0 spiro atoms. The number of amides is 1. The van der Waals surface area contributed by atoms with Crippen LogP contribution >= 0.6 is 0 Å². The summed E-state index contributed by atoms with van der Waals surface area (Å²) in [5.74, 6) is 0.942. The normalized spacial score (nSPS) is 23.6. The van der Waals surface area contributed by atoms with Crippen LogP contribution < -0.4 is 5.32 Å². The Morgan fingerprint density at radius 1 is 1.15 bits per heavy atom. The van der Waals surface area contributed by atoms with Crippen molar-refractivity contribution in [3.05, 3.63) is 53.1 Å². The minimum absolute atomic E-state index is 0.338. The van der Waals surface area contributed by atoms with Gasteiger partial charge in [0.15, 0.2) is 11.4 Å². The van der Waals surface area contributed by atoms with Gasteiger partial charge in [0.2, 0.25) is 0 Å². The summed E-state index contributed by atoms with van der Waals surface area (Å²) in [6.45, 7) is 4.41. The summed E-state index contributed by atoms with van der Waals surface area (Å²) >= 11 is 0. The zero-order valence-corrected chi connectivity index (χ0v) is 15.0. The summed E-state index contributed by atoms with van der Waals surface area (Å²) in [7, 11) is 0. The van der Waals surface area contributed by atoms with Gasteiger partial charge in [0.1, 0.15) is 0 Å². The molecule has 0 aliphatic heterocycles. The van der Waals surface area contributed by atoms with Gasteiger partial charge < -0.3 is 5.32 Å². The molecule has 2 aliphatic rings. The second kappa shape index (κ2) is 6.32. The Kier molecular flexibility index (Phi) is 4.20. The molecule has 27 heavy (non-hydrogen) atoms. The molecule has 1 amide bonds. The molecule has 4 nitrogen and oxygen atoms in total. The lowest BCUT2D eigenvalue weighted by Crippen LogP contribution is -2.22. The summed E-state index contributed by atoms with van der Waals surface area (Å²) in [5, 5.41) is 2.67. The molecule has 142 valence electrons. The van der Waals surface area contributed by atoms with Gasteiger partial charge in [0.25, 0.3) is 5.91 Å². The number of benzene rings is 1. The summed E-state index contributed by atoms with van der Waals surface area (Å²) < 4.78 is 39.4. The van der Waals surface area contributed by atoms with Crippen molar-refractivity contribution in [3.8, 4) is 0 Å². The summed E-state index contributed by atoms with van der Waals surface area (Å²) in [5.41, 5.74) is 0.924. The number of hydrogen-bond donors (Lipinski definition) is 1. The van der Waals surface area contributed by atoms with Gasteiger partial charge in [0.05, 0.1) is 0 Å². The fourth-order valence-corrected chi connectivity index (χ4v) is 4.98. The third kappa shape index (κ3) is 2.89. The van der Waals surface area contributed by atoms with Gasteiger partial charge in [-0.2, -0.15) is 13.2 Å². The standard InChI is InChI=1S/C20H20F3N3O/c1-10(2)15-12-6-7-13(15)16-11(12)4-3-5-14(16)26-19(27)17-18(20(21,22)23)25-9-8-24-17/h3-5,8-10,12-13,15H,6-7H2,1-2H3,(H,26,27)/t12?,13-,15?/m1/s1. The minimum Gasteiger partial charge on any atom is -0.320 e. The van der Waals surface area contributed by atoms with Crippen molar-refractivity contribution < 1.29 is 18.0 Å². The lowest BCUT2D eigenvalue weighted by molar-refractivity contribution is -0.141. The number of fused-ring (bicyclic) bond motifs is 5. The Hall–Kier alpha value is -2.44.